The Morgan fingerprint density at radius 2 is 1.79 bits per heavy atom. The number of anilines is 2. The molecular weight excluding hydrogens is 400 g/mol. The summed E-state index contributed by atoms with van der Waals surface area (Å²) in [7, 11) is 1.21. The van der Waals surface area contributed by atoms with Crippen molar-refractivity contribution in [2.75, 3.05) is 37.1 Å². The highest BCUT2D eigenvalue weighted by Crippen LogP contribution is 2.33. The van der Waals surface area contributed by atoms with Gasteiger partial charge in [-0.15, -0.1) is 11.8 Å². The van der Waals surface area contributed by atoms with Crippen molar-refractivity contribution >= 4 is 39.1 Å². The number of carbonyl (C=O) groups is 1. The van der Waals surface area contributed by atoms with Crippen LogP contribution in [-0.4, -0.2) is 47.1 Å². The average Bonchev–Trinajstić information content (AvgIpc) is 2.66. The van der Waals surface area contributed by atoms with E-state index in [0.717, 1.165) is 15.5 Å². The Hall–Kier alpha value is -2.39. The van der Waals surface area contributed by atoms with Crippen molar-refractivity contribution in [3.63, 3.8) is 0 Å². The van der Waals surface area contributed by atoms with Gasteiger partial charge in [0.05, 0.1) is 31.4 Å². The fourth-order valence-electron chi connectivity index (χ4n) is 2.36. The van der Waals surface area contributed by atoms with Gasteiger partial charge in [0.15, 0.2) is 11.5 Å². The number of carbonyl (C=O) groups excluding carboxylic acids is 1. The van der Waals surface area contributed by atoms with Crippen LogP contribution >= 0.6 is 11.8 Å². The number of nitrogens with one attached hydrogen (secondary N) is 1. The first-order valence-electron chi connectivity index (χ1n) is 8.39. The van der Waals surface area contributed by atoms with Crippen LogP contribution in [0.5, 0.6) is 11.5 Å². The van der Waals surface area contributed by atoms with Crippen molar-refractivity contribution in [2.45, 2.75) is 17.1 Å². The number of methoxy groups -OCH3 is 2. The van der Waals surface area contributed by atoms with E-state index in [-0.39, 0.29) is 11.2 Å². The molecule has 0 radical (unpaired) electrons. The molecule has 0 aromatic heterocycles. The molecule has 9 heteroatoms. The molecule has 0 saturated heterocycles. The van der Waals surface area contributed by atoms with Gasteiger partial charge in [-0.3, -0.25) is 9.10 Å². The first kappa shape index (κ1) is 21.9. The fourth-order valence-corrected chi connectivity index (χ4v) is 3.75. The molecule has 2 aromatic carbocycles. The topological polar surface area (TPSA) is 84.9 Å². The smallest absolute Gasteiger partial charge is 0.237 e. The van der Waals surface area contributed by atoms with Gasteiger partial charge in [-0.2, -0.15) is 0 Å². The van der Waals surface area contributed by atoms with Crippen LogP contribution in [0.15, 0.2) is 47.4 Å². The SMILES string of the molecule is COc1ccc(S[C@@H](C)C(=O)Nc2cccc(N(C)S(C)(=O)=O)c2)cc1OC. The molecule has 0 bridgehead atoms. The lowest BCUT2D eigenvalue weighted by Crippen LogP contribution is -2.25. The molecule has 0 spiro atoms. The molecule has 2 aromatic rings. The monoisotopic (exact) mass is 424 g/mol. The van der Waals surface area contributed by atoms with Crippen molar-refractivity contribution < 1.29 is 22.7 Å². The summed E-state index contributed by atoms with van der Waals surface area (Å²) in [5.41, 5.74) is 0.998. The van der Waals surface area contributed by atoms with E-state index >= 15 is 0 Å². The predicted octanol–water partition coefficient (Wildman–Crippen LogP) is 3.22. The van der Waals surface area contributed by atoms with Crippen LogP contribution in [0.25, 0.3) is 0 Å². The molecule has 2 rings (SSSR count). The Labute approximate surface area is 170 Å². The molecule has 152 valence electrons. The van der Waals surface area contributed by atoms with Crippen molar-refractivity contribution in [3.05, 3.63) is 42.5 Å². The van der Waals surface area contributed by atoms with Crippen molar-refractivity contribution in [1.82, 2.24) is 0 Å². The molecule has 0 aliphatic carbocycles. The highest BCUT2D eigenvalue weighted by atomic mass is 32.2. The van der Waals surface area contributed by atoms with Crippen LogP contribution in [0, 0.1) is 0 Å². The van der Waals surface area contributed by atoms with Crippen LogP contribution in [0.2, 0.25) is 0 Å². The minimum atomic E-state index is -3.38. The van der Waals surface area contributed by atoms with E-state index < -0.39 is 10.0 Å². The van der Waals surface area contributed by atoms with Crippen LogP contribution in [0.3, 0.4) is 0 Å². The number of ether oxygens (including phenoxy) is 2. The number of rotatable bonds is 8. The third kappa shape index (κ3) is 5.56. The summed E-state index contributed by atoms with van der Waals surface area (Å²) in [6.07, 6.45) is 1.13. The number of amides is 1. The maximum atomic E-state index is 12.6. The molecule has 1 amide bonds. The largest absolute Gasteiger partial charge is 0.493 e. The highest BCUT2D eigenvalue weighted by molar-refractivity contribution is 8.00. The van der Waals surface area contributed by atoms with E-state index in [9.17, 15) is 13.2 Å². The van der Waals surface area contributed by atoms with E-state index in [2.05, 4.69) is 5.32 Å². The second-order valence-electron chi connectivity index (χ2n) is 6.05. The van der Waals surface area contributed by atoms with Crippen LogP contribution in [0.4, 0.5) is 11.4 Å². The summed E-state index contributed by atoms with van der Waals surface area (Å²) in [6.45, 7) is 1.79. The van der Waals surface area contributed by atoms with Gasteiger partial charge < -0.3 is 14.8 Å². The van der Waals surface area contributed by atoms with Gasteiger partial charge in [-0.1, -0.05) is 6.07 Å². The van der Waals surface area contributed by atoms with Gasteiger partial charge in [0, 0.05) is 17.6 Å². The first-order valence-corrected chi connectivity index (χ1v) is 11.1. The zero-order valence-electron chi connectivity index (χ0n) is 16.4. The minimum Gasteiger partial charge on any atom is -0.493 e. The maximum Gasteiger partial charge on any atom is 0.237 e. The average molecular weight is 425 g/mol. The van der Waals surface area contributed by atoms with Crippen LogP contribution in [-0.2, 0) is 14.8 Å². The Bertz CT molecular complexity index is 947. The summed E-state index contributed by atoms with van der Waals surface area (Å²) in [5.74, 6) is 1.02. The van der Waals surface area contributed by atoms with Gasteiger partial charge in [-0.25, -0.2) is 8.42 Å². The number of hydrogen-bond acceptors (Lipinski definition) is 6. The van der Waals surface area contributed by atoms with Gasteiger partial charge in [0.2, 0.25) is 15.9 Å². The number of thioether (sulfide) groups is 1. The zero-order valence-corrected chi connectivity index (χ0v) is 18.1. The number of hydrogen-bond donors (Lipinski definition) is 1. The number of nitrogens with zero attached hydrogens (tertiary/aromatic N) is 1. The van der Waals surface area contributed by atoms with Crippen molar-refractivity contribution in [3.8, 4) is 11.5 Å². The zero-order chi connectivity index (χ0) is 20.9. The van der Waals surface area contributed by atoms with Crippen LogP contribution in [0.1, 0.15) is 6.92 Å². The molecule has 1 atom stereocenters. The number of benzene rings is 2. The highest BCUT2D eigenvalue weighted by Gasteiger charge is 2.17. The molecular formula is C19H24N2O5S2. The second kappa shape index (κ2) is 9.20. The molecule has 1 N–H and O–H groups in total. The van der Waals surface area contributed by atoms with Gasteiger partial charge in [0.25, 0.3) is 0 Å². The summed E-state index contributed by atoms with van der Waals surface area (Å²) in [6, 6.07) is 12.2. The molecule has 0 aliphatic rings. The second-order valence-corrected chi connectivity index (χ2v) is 9.47. The van der Waals surface area contributed by atoms with E-state index in [1.54, 1.807) is 51.5 Å². The number of sulfonamides is 1. The molecule has 0 fully saturated rings. The molecule has 0 unspecified atom stereocenters. The van der Waals surface area contributed by atoms with E-state index in [1.165, 1.54) is 18.8 Å². The fraction of sp³-hybridized carbons (Fsp3) is 0.316. The lowest BCUT2D eigenvalue weighted by molar-refractivity contribution is -0.115. The lowest BCUT2D eigenvalue weighted by atomic mass is 10.2. The summed E-state index contributed by atoms with van der Waals surface area (Å²) in [5, 5.41) is 2.44. The maximum absolute atomic E-state index is 12.6. The summed E-state index contributed by atoms with van der Waals surface area (Å²) < 4.78 is 35.0. The quantitative estimate of drug-likeness (QED) is 0.655. The van der Waals surface area contributed by atoms with E-state index in [0.29, 0.717) is 22.9 Å². The third-order valence-electron chi connectivity index (χ3n) is 4.01. The minimum absolute atomic E-state index is 0.195. The normalized spacial score (nSPS) is 12.2. The Morgan fingerprint density at radius 1 is 1.11 bits per heavy atom. The molecule has 7 nitrogen and oxygen atoms in total. The van der Waals surface area contributed by atoms with Crippen molar-refractivity contribution in [1.29, 1.82) is 0 Å². The Balaban J connectivity index is 2.09. The van der Waals surface area contributed by atoms with Gasteiger partial charge >= 0.3 is 0 Å². The first-order chi connectivity index (χ1) is 13.2. The van der Waals surface area contributed by atoms with Gasteiger partial charge in [0.1, 0.15) is 0 Å². The standard InChI is InChI=1S/C19H24N2O5S2/c1-13(27-16-9-10-17(25-3)18(12-16)26-4)19(22)20-14-7-6-8-15(11-14)21(2)28(5,23)24/h6-13H,1-5H3,(H,20,22)/t13-/m0/s1. The van der Waals surface area contributed by atoms with E-state index in [1.807, 2.05) is 12.1 Å². The Morgan fingerprint density at radius 3 is 2.39 bits per heavy atom. The summed E-state index contributed by atoms with van der Waals surface area (Å²) in [4.78, 5) is 13.4. The predicted molar refractivity (Wildman–Crippen MR) is 113 cm³/mol. The molecule has 28 heavy (non-hydrogen) atoms. The van der Waals surface area contributed by atoms with Crippen molar-refractivity contribution in [2.24, 2.45) is 0 Å². The Kier molecular flexibility index (Phi) is 7.20. The molecule has 0 heterocycles. The van der Waals surface area contributed by atoms with E-state index in [4.69, 9.17) is 9.47 Å². The molecule has 0 aliphatic heterocycles. The molecule has 0 saturated carbocycles. The third-order valence-corrected chi connectivity index (χ3v) is 6.31. The lowest BCUT2D eigenvalue weighted by Gasteiger charge is -2.18. The summed E-state index contributed by atoms with van der Waals surface area (Å²) >= 11 is 1.38. The van der Waals surface area contributed by atoms with Crippen LogP contribution < -0.4 is 19.1 Å². The van der Waals surface area contributed by atoms with Gasteiger partial charge in [-0.05, 0) is 43.3 Å².